The number of hydrogen-bond donors (Lipinski definition) is 2. The number of benzene rings is 2. The predicted octanol–water partition coefficient (Wildman–Crippen LogP) is 3.73. The molecule has 0 atom stereocenters. The number of nitrogens with zero attached hydrogens (tertiary/aromatic N) is 2. The zero-order valence-corrected chi connectivity index (χ0v) is 17.0. The van der Waals surface area contributed by atoms with Gasteiger partial charge in [0.15, 0.2) is 0 Å². The quantitative estimate of drug-likeness (QED) is 0.635. The second kappa shape index (κ2) is 7.89. The summed E-state index contributed by atoms with van der Waals surface area (Å²) in [6.07, 6.45) is -2.72. The van der Waals surface area contributed by atoms with Crippen LogP contribution in [0.5, 0.6) is 0 Å². The third kappa shape index (κ3) is 4.37. The Morgan fingerprint density at radius 2 is 1.65 bits per heavy atom. The van der Waals surface area contributed by atoms with Crippen molar-refractivity contribution in [3.8, 4) is 0 Å². The van der Waals surface area contributed by atoms with Crippen LogP contribution in [0.25, 0.3) is 10.9 Å². The molecule has 1 saturated heterocycles. The molecule has 0 saturated carbocycles. The Balaban J connectivity index is 1.38. The lowest BCUT2D eigenvalue weighted by Gasteiger charge is -2.34. The molecule has 0 radical (unpaired) electrons. The van der Waals surface area contributed by atoms with Gasteiger partial charge in [0.1, 0.15) is 0 Å². The Morgan fingerprint density at radius 3 is 2.29 bits per heavy atom. The molecule has 1 aliphatic rings. The van der Waals surface area contributed by atoms with Crippen LogP contribution < -0.4 is 5.32 Å². The van der Waals surface area contributed by atoms with Crippen molar-refractivity contribution in [1.82, 2.24) is 14.2 Å². The van der Waals surface area contributed by atoms with Crippen molar-refractivity contribution in [2.75, 3.05) is 31.5 Å². The van der Waals surface area contributed by atoms with Gasteiger partial charge in [0.05, 0.1) is 10.5 Å². The number of rotatable bonds is 3. The molecule has 4 rings (SSSR count). The molecule has 0 spiro atoms. The maximum Gasteiger partial charge on any atom is 0.416 e. The van der Waals surface area contributed by atoms with E-state index in [0.29, 0.717) is 0 Å². The number of aromatic nitrogens is 1. The molecule has 1 fully saturated rings. The number of nitrogens with one attached hydrogen (secondary N) is 2. The molecule has 2 N–H and O–H groups in total. The Bertz CT molecular complexity index is 1200. The van der Waals surface area contributed by atoms with Crippen LogP contribution in [0, 0.1) is 0 Å². The fourth-order valence-corrected chi connectivity index (χ4v) is 4.88. The molecular formula is C20H19F3N4O3S. The normalized spacial score (nSPS) is 15.9. The highest BCUT2D eigenvalue weighted by Crippen LogP contribution is 2.30. The highest BCUT2D eigenvalue weighted by Gasteiger charge is 2.31. The third-order valence-electron chi connectivity index (χ3n) is 5.15. The van der Waals surface area contributed by atoms with E-state index in [2.05, 4.69) is 10.3 Å². The summed E-state index contributed by atoms with van der Waals surface area (Å²) in [5.74, 6) is 0. The lowest BCUT2D eigenvalue weighted by molar-refractivity contribution is -0.137. The number of fused-ring (bicyclic) bond motifs is 1. The van der Waals surface area contributed by atoms with Gasteiger partial charge in [0, 0.05) is 49.0 Å². The van der Waals surface area contributed by atoms with Gasteiger partial charge in [0.25, 0.3) is 0 Å². The van der Waals surface area contributed by atoms with Gasteiger partial charge in [-0.25, -0.2) is 13.2 Å². The molecule has 7 nitrogen and oxygen atoms in total. The van der Waals surface area contributed by atoms with Crippen LogP contribution in [0.1, 0.15) is 5.56 Å². The molecular weight excluding hydrogens is 433 g/mol. The fourth-order valence-electron chi connectivity index (χ4n) is 3.42. The molecule has 0 unspecified atom stereocenters. The molecule has 31 heavy (non-hydrogen) atoms. The summed E-state index contributed by atoms with van der Waals surface area (Å²) in [5, 5.41) is 3.33. The van der Waals surface area contributed by atoms with Crippen LogP contribution in [0.2, 0.25) is 0 Å². The highest BCUT2D eigenvalue weighted by molar-refractivity contribution is 7.89. The minimum absolute atomic E-state index is 0.119. The maximum atomic E-state index is 12.9. The second-order valence-corrected chi connectivity index (χ2v) is 9.06. The molecule has 3 aromatic rings. The average molecular weight is 452 g/mol. The van der Waals surface area contributed by atoms with E-state index in [-0.39, 0.29) is 36.8 Å². The standard InChI is InChI=1S/C20H19F3N4O3S/c21-20(22,23)15-1-3-16(4-2-15)25-19(28)26-9-11-27(12-10-26)31(29,30)17-5-6-18-14(13-17)7-8-24-18/h1-8,13,24H,9-12H2,(H,25,28). The molecule has 0 bridgehead atoms. The first-order chi connectivity index (χ1) is 14.6. The van der Waals surface area contributed by atoms with Crippen LogP contribution >= 0.6 is 0 Å². The summed E-state index contributed by atoms with van der Waals surface area (Å²) >= 11 is 0. The number of carbonyl (C=O) groups is 1. The molecule has 2 heterocycles. The van der Waals surface area contributed by atoms with Gasteiger partial charge in [-0.15, -0.1) is 0 Å². The molecule has 1 aromatic heterocycles. The van der Waals surface area contributed by atoms with E-state index in [4.69, 9.17) is 0 Å². The Morgan fingerprint density at radius 1 is 0.968 bits per heavy atom. The number of H-pyrrole nitrogens is 1. The maximum absolute atomic E-state index is 12.9. The van der Waals surface area contributed by atoms with Gasteiger partial charge in [0.2, 0.25) is 10.0 Å². The van der Waals surface area contributed by atoms with Crippen molar-refractivity contribution in [1.29, 1.82) is 0 Å². The van der Waals surface area contributed by atoms with Crippen molar-refractivity contribution in [3.05, 3.63) is 60.3 Å². The molecule has 0 aliphatic carbocycles. The van der Waals surface area contributed by atoms with E-state index in [0.717, 1.165) is 23.0 Å². The lowest BCUT2D eigenvalue weighted by Crippen LogP contribution is -2.51. The summed E-state index contributed by atoms with van der Waals surface area (Å²) in [4.78, 5) is 17.0. The Kier molecular flexibility index (Phi) is 5.40. The zero-order chi connectivity index (χ0) is 22.2. The number of aromatic amines is 1. The minimum Gasteiger partial charge on any atom is -0.361 e. The number of urea groups is 1. The van der Waals surface area contributed by atoms with Gasteiger partial charge in [-0.1, -0.05) is 0 Å². The van der Waals surface area contributed by atoms with Crippen molar-refractivity contribution in [2.24, 2.45) is 0 Å². The summed E-state index contributed by atoms with van der Waals surface area (Å²) in [5.41, 5.74) is 0.263. The largest absolute Gasteiger partial charge is 0.416 e. The first kappa shape index (κ1) is 21.2. The molecule has 2 amide bonds. The number of sulfonamides is 1. The molecule has 1 aliphatic heterocycles. The molecule has 164 valence electrons. The van der Waals surface area contributed by atoms with E-state index in [1.165, 1.54) is 27.4 Å². The topological polar surface area (TPSA) is 85.5 Å². The van der Waals surface area contributed by atoms with Crippen LogP contribution in [0.3, 0.4) is 0 Å². The zero-order valence-electron chi connectivity index (χ0n) is 16.2. The van der Waals surface area contributed by atoms with Crippen LogP contribution in [0.4, 0.5) is 23.7 Å². The summed E-state index contributed by atoms with van der Waals surface area (Å²) in [6, 6.07) is 10.3. The highest BCUT2D eigenvalue weighted by atomic mass is 32.2. The van der Waals surface area contributed by atoms with Crippen molar-refractivity contribution in [3.63, 3.8) is 0 Å². The van der Waals surface area contributed by atoms with Crippen molar-refractivity contribution < 1.29 is 26.4 Å². The minimum atomic E-state index is -4.45. The number of halogens is 3. The first-order valence-electron chi connectivity index (χ1n) is 9.45. The Labute approximate surface area is 176 Å². The van der Waals surface area contributed by atoms with E-state index in [9.17, 15) is 26.4 Å². The van der Waals surface area contributed by atoms with Gasteiger partial charge in [-0.05, 0) is 48.5 Å². The third-order valence-corrected chi connectivity index (χ3v) is 7.05. The number of hydrogen-bond acceptors (Lipinski definition) is 3. The number of anilines is 1. The van der Waals surface area contributed by atoms with Gasteiger partial charge in [-0.3, -0.25) is 0 Å². The van der Waals surface area contributed by atoms with Crippen molar-refractivity contribution >= 4 is 32.6 Å². The number of alkyl halides is 3. The monoisotopic (exact) mass is 452 g/mol. The van der Waals surface area contributed by atoms with E-state index in [1.54, 1.807) is 24.4 Å². The van der Waals surface area contributed by atoms with E-state index in [1.807, 2.05) is 0 Å². The number of amides is 2. The van der Waals surface area contributed by atoms with E-state index >= 15 is 0 Å². The van der Waals surface area contributed by atoms with Crippen LogP contribution in [-0.4, -0.2) is 54.8 Å². The van der Waals surface area contributed by atoms with Crippen LogP contribution in [-0.2, 0) is 16.2 Å². The first-order valence-corrected chi connectivity index (χ1v) is 10.9. The lowest BCUT2D eigenvalue weighted by atomic mass is 10.2. The summed E-state index contributed by atoms with van der Waals surface area (Å²) in [6.45, 7) is 0.568. The number of piperazine rings is 1. The van der Waals surface area contributed by atoms with E-state index < -0.39 is 27.8 Å². The molecule has 2 aromatic carbocycles. The second-order valence-electron chi connectivity index (χ2n) is 7.12. The van der Waals surface area contributed by atoms with Gasteiger partial charge in [-0.2, -0.15) is 17.5 Å². The fraction of sp³-hybridized carbons (Fsp3) is 0.250. The summed E-state index contributed by atoms with van der Waals surface area (Å²) < 4.78 is 65.1. The smallest absolute Gasteiger partial charge is 0.361 e. The van der Waals surface area contributed by atoms with Crippen LogP contribution in [0.15, 0.2) is 59.6 Å². The Hall–Kier alpha value is -3.05. The molecule has 11 heteroatoms. The average Bonchev–Trinajstić information content (AvgIpc) is 3.21. The summed E-state index contributed by atoms with van der Waals surface area (Å²) in [7, 11) is -3.70. The van der Waals surface area contributed by atoms with Gasteiger partial charge >= 0.3 is 12.2 Å². The SMILES string of the molecule is O=C(Nc1ccc(C(F)(F)F)cc1)N1CCN(S(=O)(=O)c2ccc3[nH]ccc3c2)CC1. The predicted molar refractivity (Wildman–Crippen MR) is 109 cm³/mol. The number of carbonyl (C=O) groups excluding carboxylic acids is 1. The van der Waals surface area contributed by atoms with Gasteiger partial charge < -0.3 is 15.2 Å². The van der Waals surface area contributed by atoms with Crippen molar-refractivity contribution in [2.45, 2.75) is 11.1 Å².